The summed E-state index contributed by atoms with van der Waals surface area (Å²) in [5.74, 6) is 0. The first-order valence-corrected chi connectivity index (χ1v) is 10.0. The van der Waals surface area contributed by atoms with E-state index >= 15 is 0 Å². The van der Waals surface area contributed by atoms with Crippen LogP contribution >= 0.6 is 0 Å². The third-order valence-corrected chi connectivity index (χ3v) is 6.42. The Morgan fingerprint density at radius 3 is 2.33 bits per heavy atom. The largest absolute Gasteiger partial charge is 1.00 e. The van der Waals surface area contributed by atoms with Crippen molar-refractivity contribution in [3.8, 4) is 0 Å². The fraction of sp³-hybridized carbons (Fsp3) is 0.217. The van der Waals surface area contributed by atoms with Crippen LogP contribution in [0, 0.1) is 10.4 Å². The number of halogens is 2. The molecule has 0 amide bonds. The Hall–Kier alpha value is -0.917. The smallest absolute Gasteiger partial charge is 1.00 e. The molecule has 1 N–H and O–H groups in total. The van der Waals surface area contributed by atoms with Gasteiger partial charge in [-0.3, -0.25) is 0 Å². The van der Waals surface area contributed by atoms with Gasteiger partial charge < -0.3 is 24.8 Å². The predicted molar refractivity (Wildman–Crippen MR) is 99.5 cm³/mol. The molecule has 0 heterocycles. The average molecular weight is 476 g/mol. The van der Waals surface area contributed by atoms with Crippen LogP contribution in [0.25, 0.3) is 14.4 Å². The van der Waals surface area contributed by atoms with Gasteiger partial charge in [-0.2, -0.15) is 0 Å². The first-order chi connectivity index (χ1) is 12.1. The second-order valence-electron chi connectivity index (χ2n) is 6.96. The molecule has 0 bridgehead atoms. The summed E-state index contributed by atoms with van der Waals surface area (Å²) in [5, 5.41) is 14.8. The third-order valence-electron chi connectivity index (χ3n) is 5.15. The van der Waals surface area contributed by atoms with E-state index < -0.39 is 0 Å². The summed E-state index contributed by atoms with van der Waals surface area (Å²) in [6, 6.07) is 13.4. The zero-order valence-electron chi connectivity index (χ0n) is 15.4. The van der Waals surface area contributed by atoms with E-state index in [2.05, 4.69) is 62.4 Å². The zero-order chi connectivity index (χ0) is 17.6. The quantitative estimate of drug-likeness (QED) is 0.512. The summed E-state index contributed by atoms with van der Waals surface area (Å²) < 4.78 is 1.47. The summed E-state index contributed by atoms with van der Waals surface area (Å²) in [7, 11) is 0. The minimum absolute atomic E-state index is 0. The molecule has 4 heteroatoms. The molecule has 27 heavy (non-hydrogen) atoms. The molecule has 2 aliphatic carbocycles. The second-order valence-corrected chi connectivity index (χ2v) is 8.19. The summed E-state index contributed by atoms with van der Waals surface area (Å²) in [5.41, 5.74) is 6.85. The Labute approximate surface area is 187 Å². The maximum Gasteiger partial charge on any atom is -1.00 e. The minimum atomic E-state index is 0. The first kappa shape index (κ1) is 22.4. The SMILES string of the molecule is CC(C)=c1ccc2c(c1C1=CC(CCO)=CC1)[C]([Zr+2])=c1ccccc1=2.[Cl-].[Cl-]. The third kappa shape index (κ3) is 3.83. The van der Waals surface area contributed by atoms with E-state index in [4.69, 9.17) is 0 Å². The van der Waals surface area contributed by atoms with Crippen LogP contribution in [0.5, 0.6) is 0 Å². The monoisotopic (exact) mass is 473 g/mol. The number of aliphatic hydroxyl groups is 1. The van der Waals surface area contributed by atoms with E-state index in [0.29, 0.717) is 0 Å². The van der Waals surface area contributed by atoms with Gasteiger partial charge in [-0.05, 0) is 0 Å². The van der Waals surface area contributed by atoms with E-state index in [1.54, 1.807) is 0 Å². The van der Waals surface area contributed by atoms with E-state index in [1.165, 1.54) is 76.7 Å². The Kier molecular flexibility index (Phi) is 7.50. The summed E-state index contributed by atoms with van der Waals surface area (Å²) in [6.45, 7) is 4.62. The van der Waals surface area contributed by atoms with Crippen molar-refractivity contribution in [2.75, 3.05) is 6.61 Å². The molecule has 0 radical (unpaired) electrons. The number of fused-ring (bicyclic) bond motifs is 2. The van der Waals surface area contributed by atoms with Crippen molar-refractivity contribution in [3.05, 3.63) is 86.1 Å². The van der Waals surface area contributed by atoms with Gasteiger partial charge in [-0.15, -0.1) is 0 Å². The van der Waals surface area contributed by atoms with E-state index in [1.807, 2.05) is 0 Å². The molecule has 4 rings (SSSR count). The molecule has 2 aliphatic rings. The Morgan fingerprint density at radius 1 is 0.963 bits per heavy atom. The van der Waals surface area contributed by atoms with Crippen LogP contribution < -0.4 is 35.3 Å². The van der Waals surface area contributed by atoms with Crippen molar-refractivity contribution in [2.45, 2.75) is 26.7 Å². The van der Waals surface area contributed by atoms with Crippen molar-refractivity contribution < 1.29 is 54.6 Å². The molecule has 0 saturated carbocycles. The predicted octanol–water partition coefficient (Wildman–Crippen LogP) is -2.72. The molecular weight excluding hydrogens is 454 g/mol. The molecule has 0 spiro atoms. The van der Waals surface area contributed by atoms with Crippen LogP contribution in [0.3, 0.4) is 0 Å². The molecular formula is C23H21Cl2OZr. The molecule has 137 valence electrons. The van der Waals surface area contributed by atoms with Gasteiger partial charge in [-0.1, -0.05) is 0 Å². The topological polar surface area (TPSA) is 20.2 Å². The number of benzene rings is 2. The summed E-state index contributed by atoms with van der Waals surface area (Å²) in [4.78, 5) is 0. The van der Waals surface area contributed by atoms with Crippen molar-refractivity contribution >= 4 is 14.4 Å². The molecule has 2 aromatic rings. The Morgan fingerprint density at radius 2 is 1.67 bits per heavy atom. The number of aliphatic hydroxyl groups excluding tert-OH is 1. The minimum Gasteiger partial charge on any atom is -1.00 e. The molecule has 0 unspecified atom stereocenters. The maximum atomic E-state index is 9.27. The molecule has 0 saturated heterocycles. The molecule has 1 nitrogen and oxygen atoms in total. The van der Waals surface area contributed by atoms with Gasteiger partial charge >= 0.3 is 164 Å². The van der Waals surface area contributed by atoms with Crippen LogP contribution in [0.2, 0.25) is 0 Å². The van der Waals surface area contributed by atoms with Crippen LogP contribution in [0.1, 0.15) is 37.8 Å². The number of hydrogen-bond acceptors (Lipinski definition) is 1. The molecule has 2 aromatic carbocycles. The summed E-state index contributed by atoms with van der Waals surface area (Å²) >= 11 is 1.47. The average Bonchev–Trinajstić information content (AvgIpc) is 3.18. The van der Waals surface area contributed by atoms with Crippen molar-refractivity contribution in [2.24, 2.45) is 0 Å². The van der Waals surface area contributed by atoms with Gasteiger partial charge in [0.1, 0.15) is 0 Å². The fourth-order valence-electron chi connectivity index (χ4n) is 3.97. The van der Waals surface area contributed by atoms with Crippen molar-refractivity contribution in [1.82, 2.24) is 0 Å². The zero-order valence-corrected chi connectivity index (χ0v) is 19.4. The van der Waals surface area contributed by atoms with Crippen LogP contribution in [0.4, 0.5) is 0 Å². The van der Waals surface area contributed by atoms with E-state index in [-0.39, 0.29) is 31.4 Å². The normalized spacial score (nSPS) is 13.9. The molecule has 0 aliphatic heterocycles. The number of rotatable bonds is 3. The van der Waals surface area contributed by atoms with Gasteiger partial charge in [-0.25, -0.2) is 0 Å². The van der Waals surface area contributed by atoms with Gasteiger partial charge in [0.05, 0.1) is 0 Å². The summed E-state index contributed by atoms with van der Waals surface area (Å²) in [6.07, 6.45) is 6.28. The standard InChI is InChI=1S/C23H21O.2ClH.Zr/c1-15(2)19-9-10-21-20-6-4-3-5-17(20)14-22(21)23(19)18-8-7-16(13-18)11-12-24;;;/h3-7,9-10,13,24H,8,11-12H2,1-2H3;2*1H;/q;;;+2/p-2. The van der Waals surface area contributed by atoms with Gasteiger partial charge in [0.25, 0.3) is 0 Å². The van der Waals surface area contributed by atoms with Crippen LogP contribution in [-0.4, -0.2) is 11.7 Å². The fourth-order valence-corrected chi connectivity index (χ4v) is 5.14. The first-order valence-electron chi connectivity index (χ1n) is 8.79. The second kappa shape index (κ2) is 9.05. The van der Waals surface area contributed by atoms with E-state index in [9.17, 15) is 5.11 Å². The number of allylic oxidation sites excluding steroid dienone is 3. The maximum absolute atomic E-state index is 9.27. The Balaban J connectivity index is 0.00000131. The van der Waals surface area contributed by atoms with Crippen LogP contribution in [-0.2, 0) is 24.7 Å². The molecule has 0 aromatic heterocycles. The number of hydrogen-bond donors (Lipinski definition) is 1. The van der Waals surface area contributed by atoms with Gasteiger partial charge in [0, 0.05) is 0 Å². The van der Waals surface area contributed by atoms with Crippen molar-refractivity contribution in [3.63, 3.8) is 0 Å². The van der Waals surface area contributed by atoms with Crippen molar-refractivity contribution in [1.29, 1.82) is 0 Å². The van der Waals surface area contributed by atoms with E-state index in [0.717, 1.165) is 12.8 Å². The van der Waals surface area contributed by atoms with Gasteiger partial charge in [0.15, 0.2) is 0 Å². The van der Waals surface area contributed by atoms with Crippen LogP contribution in [0.15, 0.2) is 54.1 Å². The molecule has 0 fully saturated rings. The Bertz CT molecular complexity index is 1160. The molecule has 0 atom stereocenters. The van der Waals surface area contributed by atoms with Gasteiger partial charge in [0.2, 0.25) is 0 Å².